The van der Waals surface area contributed by atoms with Crippen molar-refractivity contribution in [1.82, 2.24) is 26.0 Å². The number of nitrogens with one attached hydrogen (secondary N) is 4. The molecule has 3 atom stereocenters. The number of nitrogens with zero attached hydrogens (tertiary/aromatic N) is 3. The van der Waals surface area contributed by atoms with Crippen molar-refractivity contribution in [2.75, 3.05) is 18.8 Å². The number of thiazole rings is 1. The summed E-state index contributed by atoms with van der Waals surface area (Å²) < 4.78 is 41.8. The minimum absolute atomic E-state index is 0.0615. The molecule has 1 aromatic heterocycles. The smallest absolute Gasteiger partial charge is 0.418 e. The van der Waals surface area contributed by atoms with E-state index in [2.05, 4.69) is 30.4 Å². The molecule has 2 aromatic rings. The van der Waals surface area contributed by atoms with Gasteiger partial charge < -0.3 is 36.4 Å². The van der Waals surface area contributed by atoms with Crippen LogP contribution in [0.2, 0.25) is 0 Å². The zero-order valence-corrected chi connectivity index (χ0v) is 28.3. The lowest BCUT2D eigenvalue weighted by Gasteiger charge is -2.54. The molecule has 4 aliphatic rings. The van der Waals surface area contributed by atoms with Gasteiger partial charge in [0.2, 0.25) is 0 Å². The molecular formula is C29H36N8O10S2. The maximum absolute atomic E-state index is 13.5. The first-order chi connectivity index (χ1) is 22.9. The number of β-lactam (4-membered cyclic amide) rings is 1. The van der Waals surface area contributed by atoms with Crippen LogP contribution in [0.5, 0.6) is 5.75 Å². The largest absolute Gasteiger partial charge is 0.485 e. The van der Waals surface area contributed by atoms with E-state index < -0.39 is 57.2 Å². The summed E-state index contributed by atoms with van der Waals surface area (Å²) in [7, 11) is -5.03. The number of oxime groups is 1. The topological polar surface area (TPSA) is 268 Å². The standard InChI is InChI=1S/C29H36N8O10S2/c1-27(2)21(24(39)37(27)47-49(42,43)44)35-23(38)20(17-11-48-26(31)34-17)36-46-28(3,25(40)41)19-7-5-14-8-15(4-6-18(14)45-19)22(30)33-16-9-29(10-16)12-32-13-29/h4,6,8,11,16,19,21,32H,5,7,9-10,12-13H2,1-3H3,(H2,30,33)(H2,31,34)(H,35,38)(H,40,41)(H,42,43,44)/b36-20-/t19-,21-,28+/m1/s1. The second-order valence-electron chi connectivity index (χ2n) is 13.4. The Bertz CT molecular complexity index is 1850. The third-order valence-electron chi connectivity index (χ3n) is 9.47. The molecule has 2 saturated heterocycles. The maximum atomic E-state index is 13.5. The van der Waals surface area contributed by atoms with E-state index in [9.17, 15) is 27.9 Å². The second-order valence-corrected chi connectivity index (χ2v) is 15.3. The molecule has 6 rings (SSSR count). The van der Waals surface area contributed by atoms with Crippen LogP contribution in [0.25, 0.3) is 0 Å². The number of aryl methyl sites for hydroxylation is 1. The summed E-state index contributed by atoms with van der Waals surface area (Å²) in [5.41, 5.74) is 3.47. The lowest BCUT2D eigenvalue weighted by atomic mass is 9.61. The molecule has 4 heterocycles. The number of carboxylic acid groups (broad SMARTS) is 1. The third kappa shape index (κ3) is 6.53. The number of amides is 2. The van der Waals surface area contributed by atoms with Crippen molar-refractivity contribution in [2.24, 2.45) is 10.6 Å². The molecule has 18 nitrogen and oxygen atoms in total. The molecule has 1 saturated carbocycles. The molecule has 1 spiro atoms. The average molecular weight is 721 g/mol. The number of anilines is 1. The van der Waals surface area contributed by atoms with Gasteiger partial charge in [0.05, 0.1) is 5.54 Å². The van der Waals surface area contributed by atoms with Crippen LogP contribution in [0.4, 0.5) is 5.13 Å². The van der Waals surface area contributed by atoms with Crippen molar-refractivity contribution in [3.05, 3.63) is 40.4 Å². The van der Waals surface area contributed by atoms with Crippen LogP contribution in [0.3, 0.4) is 0 Å². The summed E-state index contributed by atoms with van der Waals surface area (Å²) in [6.45, 7) is 6.03. The fourth-order valence-corrected chi connectivity index (χ4v) is 7.47. The Kier molecular flexibility index (Phi) is 8.58. The number of hydrogen-bond donors (Lipinski definition) is 7. The van der Waals surface area contributed by atoms with E-state index >= 15 is 0 Å². The van der Waals surface area contributed by atoms with Crippen LogP contribution in [0.1, 0.15) is 56.9 Å². The normalized spacial score (nSPS) is 23.9. The number of hydrogen-bond acceptors (Lipinski definition) is 14. The van der Waals surface area contributed by atoms with Crippen molar-refractivity contribution < 1.29 is 46.3 Å². The highest BCUT2D eigenvalue weighted by Crippen LogP contribution is 2.44. The molecule has 3 aliphatic heterocycles. The van der Waals surface area contributed by atoms with Crippen LogP contribution >= 0.6 is 11.3 Å². The number of nitrogens with two attached hydrogens (primary N) is 1. The summed E-state index contributed by atoms with van der Waals surface area (Å²) in [6, 6.07) is 4.17. The van der Waals surface area contributed by atoms with Gasteiger partial charge in [0, 0.05) is 30.1 Å². The van der Waals surface area contributed by atoms with Gasteiger partial charge in [-0.3, -0.25) is 19.6 Å². The van der Waals surface area contributed by atoms with Gasteiger partial charge in [-0.15, -0.1) is 15.6 Å². The van der Waals surface area contributed by atoms with Crippen LogP contribution in [-0.2, 0) is 40.3 Å². The summed E-state index contributed by atoms with van der Waals surface area (Å²) in [4.78, 5) is 48.3. The van der Waals surface area contributed by atoms with E-state index in [1.807, 2.05) is 6.07 Å². The summed E-state index contributed by atoms with van der Waals surface area (Å²) in [5, 5.41) is 33.6. The predicted octanol–water partition coefficient (Wildman–Crippen LogP) is 0.190. The Labute approximate surface area is 284 Å². The first-order valence-corrected chi connectivity index (χ1v) is 17.5. The lowest BCUT2D eigenvalue weighted by molar-refractivity contribution is -0.218. The third-order valence-corrected chi connectivity index (χ3v) is 10.5. The quantitative estimate of drug-likeness (QED) is 0.0537. The van der Waals surface area contributed by atoms with Crippen molar-refractivity contribution in [3.63, 3.8) is 0 Å². The molecule has 0 radical (unpaired) electrons. The first kappa shape index (κ1) is 34.5. The number of carboxylic acids is 1. The Balaban J connectivity index is 1.16. The monoisotopic (exact) mass is 720 g/mol. The minimum atomic E-state index is -5.03. The summed E-state index contributed by atoms with van der Waals surface area (Å²) >= 11 is 0.967. The van der Waals surface area contributed by atoms with Crippen LogP contribution in [0.15, 0.2) is 28.7 Å². The lowest BCUT2D eigenvalue weighted by Crippen LogP contribution is -2.76. The molecule has 3 fully saturated rings. The number of amidine groups is 1. The molecule has 20 heteroatoms. The number of ether oxygens (including phenoxy) is 1. The van der Waals surface area contributed by atoms with E-state index in [1.54, 1.807) is 12.1 Å². The Morgan fingerprint density at radius 1 is 1.29 bits per heavy atom. The number of rotatable bonds is 11. The Morgan fingerprint density at radius 2 is 2.00 bits per heavy atom. The molecule has 0 bridgehead atoms. The number of hydroxylamine groups is 2. The molecule has 2 amide bonds. The van der Waals surface area contributed by atoms with Gasteiger partial charge in [-0.25, -0.2) is 9.78 Å². The van der Waals surface area contributed by atoms with Gasteiger partial charge >= 0.3 is 16.4 Å². The van der Waals surface area contributed by atoms with Crippen molar-refractivity contribution >= 4 is 56.2 Å². The van der Waals surface area contributed by atoms with E-state index in [-0.39, 0.29) is 23.3 Å². The molecule has 0 unspecified atom stereocenters. The van der Waals surface area contributed by atoms with Gasteiger partial charge in [-0.05, 0) is 75.6 Å². The molecule has 264 valence electrons. The Hall–Kier alpha value is -4.37. The predicted molar refractivity (Wildman–Crippen MR) is 173 cm³/mol. The maximum Gasteiger partial charge on any atom is 0.418 e. The molecule has 1 aromatic carbocycles. The fraction of sp³-hybridized carbons (Fsp3) is 0.517. The Morgan fingerprint density at radius 3 is 2.57 bits per heavy atom. The highest BCUT2D eigenvalue weighted by atomic mass is 32.3. The summed E-state index contributed by atoms with van der Waals surface area (Å²) in [5.74, 6) is -2.71. The van der Waals surface area contributed by atoms with Crippen molar-refractivity contribution in [2.45, 2.75) is 75.8 Å². The molecule has 8 N–H and O–H groups in total. The zero-order chi connectivity index (χ0) is 35.5. The molecule has 1 aliphatic carbocycles. The molecule has 49 heavy (non-hydrogen) atoms. The van der Waals surface area contributed by atoms with E-state index in [1.165, 1.54) is 26.2 Å². The van der Waals surface area contributed by atoms with Gasteiger partial charge in [-0.1, -0.05) is 5.16 Å². The number of aliphatic carboxylic acids is 1. The SMILES string of the molecule is CC1(C)[C@H](NC(=O)/C(=N\O[C@](C)(C(=O)O)[C@H]2CCc3cc(C(=N)NC4CC5(CNC5)C4)ccc3O2)c2csc(N)n2)C(=O)N1OS(=O)(=O)O. The van der Waals surface area contributed by atoms with Gasteiger partial charge in [0.25, 0.3) is 17.4 Å². The first-order valence-electron chi connectivity index (χ1n) is 15.3. The number of carbonyl (C=O) groups is 3. The van der Waals surface area contributed by atoms with Crippen molar-refractivity contribution in [1.29, 1.82) is 5.41 Å². The zero-order valence-electron chi connectivity index (χ0n) is 26.7. The number of carbonyl (C=O) groups excluding carboxylic acids is 2. The van der Waals surface area contributed by atoms with Gasteiger partial charge in [0.15, 0.2) is 16.9 Å². The fourth-order valence-electron chi connectivity index (χ4n) is 6.47. The second kappa shape index (κ2) is 12.2. The van der Waals surface area contributed by atoms with Crippen LogP contribution in [0, 0.1) is 10.8 Å². The number of nitrogen functional groups attached to an aromatic ring is 1. The minimum Gasteiger partial charge on any atom is -0.485 e. The van der Waals surface area contributed by atoms with Crippen LogP contribution < -0.4 is 26.4 Å². The van der Waals surface area contributed by atoms with Crippen molar-refractivity contribution in [3.8, 4) is 5.75 Å². The van der Waals surface area contributed by atoms with Crippen LogP contribution in [-0.4, -0.2) is 99.9 Å². The van der Waals surface area contributed by atoms with Gasteiger partial charge in [0.1, 0.15) is 23.3 Å². The molecular weight excluding hydrogens is 684 g/mol. The number of benzene rings is 1. The highest BCUT2D eigenvalue weighted by molar-refractivity contribution is 7.80. The number of aromatic nitrogens is 1. The van der Waals surface area contributed by atoms with E-state index in [0.717, 1.165) is 42.8 Å². The number of fused-ring (bicyclic) bond motifs is 1. The van der Waals surface area contributed by atoms with E-state index in [4.69, 9.17) is 25.3 Å². The average Bonchev–Trinajstić information content (AvgIpc) is 3.43. The van der Waals surface area contributed by atoms with E-state index in [0.29, 0.717) is 34.0 Å². The van der Waals surface area contributed by atoms with Gasteiger partial charge in [-0.2, -0.15) is 13.5 Å². The highest BCUT2D eigenvalue weighted by Gasteiger charge is 2.58. The summed E-state index contributed by atoms with van der Waals surface area (Å²) in [6.07, 6.45) is 1.60.